The van der Waals surface area contributed by atoms with E-state index in [1.807, 2.05) is 0 Å². The fraction of sp³-hybridized carbons (Fsp3) is 0.786. The number of hydrogen-bond donors (Lipinski definition) is 0. The van der Waals surface area contributed by atoms with Crippen molar-refractivity contribution in [3.05, 3.63) is 17.5 Å². The van der Waals surface area contributed by atoms with Gasteiger partial charge >= 0.3 is 0 Å². The Hall–Kier alpha value is -0.310. The van der Waals surface area contributed by atoms with E-state index in [9.17, 15) is 0 Å². The van der Waals surface area contributed by atoms with E-state index in [0.717, 1.165) is 11.9 Å². The average molecular weight is 301 g/mol. The summed E-state index contributed by atoms with van der Waals surface area (Å²) in [6.45, 7) is 5.58. The van der Waals surface area contributed by atoms with Crippen LogP contribution in [-0.4, -0.2) is 9.78 Å². The molecule has 1 aromatic heterocycles. The summed E-state index contributed by atoms with van der Waals surface area (Å²) in [4.78, 5) is 0. The highest BCUT2D eigenvalue weighted by Crippen LogP contribution is 2.13. The lowest BCUT2D eigenvalue weighted by Gasteiger charge is -2.06. The van der Waals surface area contributed by atoms with Gasteiger partial charge in [0.1, 0.15) is 0 Å². The summed E-state index contributed by atoms with van der Waals surface area (Å²) >= 11 is 3.49. The molecule has 98 valence electrons. The number of halogens is 1. The van der Waals surface area contributed by atoms with E-state index >= 15 is 0 Å². The summed E-state index contributed by atoms with van der Waals surface area (Å²) in [6, 6.07) is 2.26. The van der Waals surface area contributed by atoms with Gasteiger partial charge in [0, 0.05) is 17.6 Å². The van der Waals surface area contributed by atoms with Crippen LogP contribution in [0.1, 0.15) is 63.8 Å². The molecule has 2 nitrogen and oxygen atoms in total. The van der Waals surface area contributed by atoms with Crippen LogP contribution in [0.15, 0.2) is 6.07 Å². The van der Waals surface area contributed by atoms with Crippen molar-refractivity contribution in [2.45, 2.75) is 70.7 Å². The zero-order chi connectivity index (χ0) is 12.5. The first-order valence-corrected chi connectivity index (χ1v) is 8.05. The Balaban J connectivity index is 2.54. The lowest BCUT2D eigenvalue weighted by molar-refractivity contribution is 0.524. The summed E-state index contributed by atoms with van der Waals surface area (Å²) in [5.74, 6) is 0. The van der Waals surface area contributed by atoms with Gasteiger partial charge < -0.3 is 0 Å². The van der Waals surface area contributed by atoms with Gasteiger partial charge in [-0.3, -0.25) is 4.68 Å². The molecular formula is C14H25BrN2. The molecule has 1 rings (SSSR count). The van der Waals surface area contributed by atoms with Gasteiger partial charge in [0.05, 0.1) is 5.69 Å². The number of aromatic nitrogens is 2. The van der Waals surface area contributed by atoms with Gasteiger partial charge in [-0.1, -0.05) is 55.5 Å². The monoisotopic (exact) mass is 300 g/mol. The first-order chi connectivity index (χ1) is 8.31. The van der Waals surface area contributed by atoms with Crippen LogP contribution in [0.2, 0.25) is 0 Å². The maximum Gasteiger partial charge on any atom is 0.0732 e. The van der Waals surface area contributed by atoms with Gasteiger partial charge in [0.2, 0.25) is 0 Å². The van der Waals surface area contributed by atoms with Crippen molar-refractivity contribution in [3.8, 4) is 0 Å². The van der Waals surface area contributed by atoms with Crippen LogP contribution in [0, 0.1) is 0 Å². The second kappa shape index (κ2) is 8.73. The Morgan fingerprint density at radius 1 is 1.12 bits per heavy atom. The smallest absolute Gasteiger partial charge is 0.0732 e. The van der Waals surface area contributed by atoms with Crippen LogP contribution in [0.5, 0.6) is 0 Å². The Kier molecular flexibility index (Phi) is 7.58. The molecule has 1 heterocycles. The Labute approximate surface area is 114 Å². The van der Waals surface area contributed by atoms with Crippen molar-refractivity contribution in [3.63, 3.8) is 0 Å². The van der Waals surface area contributed by atoms with E-state index in [4.69, 9.17) is 0 Å². The number of hydrogen-bond acceptors (Lipinski definition) is 1. The molecule has 0 fully saturated rings. The zero-order valence-corrected chi connectivity index (χ0v) is 12.8. The molecule has 0 saturated carbocycles. The molecule has 3 heteroatoms. The molecule has 0 aliphatic heterocycles. The van der Waals surface area contributed by atoms with E-state index < -0.39 is 0 Å². The maximum absolute atomic E-state index is 4.65. The number of rotatable bonds is 9. The molecule has 0 N–H and O–H groups in total. The molecular weight excluding hydrogens is 276 g/mol. The Bertz CT molecular complexity index is 280. The fourth-order valence-corrected chi connectivity index (χ4v) is 2.32. The van der Waals surface area contributed by atoms with Crippen LogP contribution in [-0.2, 0) is 18.3 Å². The van der Waals surface area contributed by atoms with Crippen LogP contribution in [0.25, 0.3) is 0 Å². The highest BCUT2D eigenvalue weighted by molar-refractivity contribution is 9.08. The molecule has 0 aliphatic rings. The fourth-order valence-electron chi connectivity index (χ4n) is 2.04. The van der Waals surface area contributed by atoms with Crippen molar-refractivity contribution in [1.29, 1.82) is 0 Å². The van der Waals surface area contributed by atoms with Gasteiger partial charge in [0.25, 0.3) is 0 Å². The minimum Gasteiger partial charge on any atom is -0.269 e. The van der Waals surface area contributed by atoms with E-state index in [1.165, 1.54) is 56.3 Å². The SMILES string of the molecule is CCCCCc1cc(CBr)nn1CCCCC. The van der Waals surface area contributed by atoms with Crippen molar-refractivity contribution in [1.82, 2.24) is 9.78 Å². The zero-order valence-electron chi connectivity index (χ0n) is 11.2. The molecule has 0 aromatic carbocycles. The molecule has 0 amide bonds. The van der Waals surface area contributed by atoms with Gasteiger partial charge in [-0.05, 0) is 25.3 Å². The first kappa shape index (κ1) is 14.7. The maximum atomic E-state index is 4.65. The molecule has 0 aliphatic carbocycles. The summed E-state index contributed by atoms with van der Waals surface area (Å²) in [6.07, 6.45) is 8.91. The topological polar surface area (TPSA) is 17.8 Å². The largest absolute Gasteiger partial charge is 0.269 e. The normalized spacial score (nSPS) is 11.0. The lowest BCUT2D eigenvalue weighted by Crippen LogP contribution is -2.05. The second-order valence-electron chi connectivity index (χ2n) is 4.65. The molecule has 0 spiro atoms. The highest BCUT2D eigenvalue weighted by atomic mass is 79.9. The molecule has 17 heavy (non-hydrogen) atoms. The predicted molar refractivity (Wildman–Crippen MR) is 77.6 cm³/mol. The van der Waals surface area contributed by atoms with Gasteiger partial charge in [-0.25, -0.2) is 0 Å². The summed E-state index contributed by atoms with van der Waals surface area (Å²) in [5.41, 5.74) is 2.59. The van der Waals surface area contributed by atoms with Crippen LogP contribution < -0.4 is 0 Å². The number of alkyl halides is 1. The van der Waals surface area contributed by atoms with E-state index in [1.54, 1.807) is 0 Å². The minimum absolute atomic E-state index is 0.870. The van der Waals surface area contributed by atoms with E-state index in [-0.39, 0.29) is 0 Å². The summed E-state index contributed by atoms with van der Waals surface area (Å²) in [5, 5.41) is 5.52. The third-order valence-electron chi connectivity index (χ3n) is 3.06. The highest BCUT2D eigenvalue weighted by Gasteiger charge is 2.06. The van der Waals surface area contributed by atoms with Gasteiger partial charge in [-0.2, -0.15) is 5.10 Å². The predicted octanol–water partition coefficient (Wildman–Crippen LogP) is 4.70. The molecule has 0 saturated heterocycles. The minimum atomic E-state index is 0.870. The molecule has 0 radical (unpaired) electrons. The average Bonchev–Trinajstić information content (AvgIpc) is 2.73. The van der Waals surface area contributed by atoms with E-state index in [0.29, 0.717) is 0 Å². The number of unbranched alkanes of at least 4 members (excludes halogenated alkanes) is 4. The molecule has 0 unspecified atom stereocenters. The van der Waals surface area contributed by atoms with Crippen molar-refractivity contribution >= 4 is 15.9 Å². The van der Waals surface area contributed by atoms with Crippen molar-refractivity contribution < 1.29 is 0 Å². The van der Waals surface area contributed by atoms with Gasteiger partial charge in [-0.15, -0.1) is 0 Å². The number of nitrogens with zero attached hydrogens (tertiary/aromatic N) is 2. The third kappa shape index (κ3) is 5.24. The number of aryl methyl sites for hydroxylation is 2. The van der Waals surface area contributed by atoms with Crippen molar-refractivity contribution in [2.75, 3.05) is 0 Å². The Morgan fingerprint density at radius 2 is 1.82 bits per heavy atom. The first-order valence-electron chi connectivity index (χ1n) is 6.93. The third-order valence-corrected chi connectivity index (χ3v) is 3.64. The Morgan fingerprint density at radius 3 is 2.47 bits per heavy atom. The van der Waals surface area contributed by atoms with Crippen LogP contribution in [0.3, 0.4) is 0 Å². The van der Waals surface area contributed by atoms with Crippen LogP contribution >= 0.6 is 15.9 Å². The van der Waals surface area contributed by atoms with Crippen molar-refractivity contribution in [2.24, 2.45) is 0 Å². The molecule has 0 bridgehead atoms. The lowest BCUT2D eigenvalue weighted by atomic mass is 10.1. The summed E-state index contributed by atoms with van der Waals surface area (Å²) in [7, 11) is 0. The van der Waals surface area contributed by atoms with E-state index in [2.05, 4.69) is 45.6 Å². The standard InChI is InChI=1S/C14H25BrN2/c1-3-5-7-9-14-11-13(12-15)16-17(14)10-8-6-4-2/h11H,3-10,12H2,1-2H3. The molecule has 1 aromatic rings. The quantitative estimate of drug-likeness (QED) is 0.477. The van der Waals surface area contributed by atoms with Crippen LogP contribution in [0.4, 0.5) is 0 Å². The summed E-state index contributed by atoms with van der Waals surface area (Å²) < 4.78 is 2.22. The van der Waals surface area contributed by atoms with Gasteiger partial charge in [0.15, 0.2) is 0 Å². The second-order valence-corrected chi connectivity index (χ2v) is 5.21. The molecule has 0 atom stereocenters.